The first-order valence-corrected chi connectivity index (χ1v) is 11.5. The second-order valence-corrected chi connectivity index (χ2v) is 9.56. The molecule has 4 rings (SSSR count). The van der Waals surface area contributed by atoms with E-state index in [-0.39, 0.29) is 23.4 Å². The van der Waals surface area contributed by atoms with E-state index in [0.717, 1.165) is 55.4 Å². The summed E-state index contributed by atoms with van der Waals surface area (Å²) in [5, 5.41) is 4.02. The first kappa shape index (κ1) is 20.7. The molecule has 1 fully saturated rings. The molecule has 0 atom stereocenters. The van der Waals surface area contributed by atoms with Crippen LogP contribution < -0.4 is 0 Å². The molecular formula is C22H24FN3O3S. The summed E-state index contributed by atoms with van der Waals surface area (Å²) in [6, 6.07) is 12.5. The molecule has 0 unspecified atom stereocenters. The van der Waals surface area contributed by atoms with Crippen LogP contribution in [0.1, 0.15) is 43.6 Å². The van der Waals surface area contributed by atoms with Crippen molar-refractivity contribution >= 4 is 10.0 Å². The van der Waals surface area contributed by atoms with Crippen molar-refractivity contribution in [2.24, 2.45) is 0 Å². The van der Waals surface area contributed by atoms with E-state index in [1.54, 1.807) is 0 Å². The van der Waals surface area contributed by atoms with E-state index >= 15 is 0 Å². The van der Waals surface area contributed by atoms with E-state index < -0.39 is 15.8 Å². The number of aryl methyl sites for hydroxylation is 1. The zero-order chi connectivity index (χ0) is 21.1. The van der Waals surface area contributed by atoms with Gasteiger partial charge in [-0.2, -0.15) is 9.29 Å². The minimum Gasteiger partial charge on any atom is -0.338 e. The average molecular weight is 430 g/mol. The Balaban J connectivity index is 1.63. The molecule has 158 valence electrons. The lowest BCUT2D eigenvalue weighted by atomic mass is 9.95. The van der Waals surface area contributed by atoms with Crippen molar-refractivity contribution in [3.8, 4) is 11.4 Å². The molecule has 1 aliphatic carbocycles. The summed E-state index contributed by atoms with van der Waals surface area (Å²) in [5.41, 5.74) is 1.93. The third-order valence-electron chi connectivity index (χ3n) is 5.47. The van der Waals surface area contributed by atoms with Crippen LogP contribution in [0, 0.1) is 12.7 Å². The minimum atomic E-state index is -3.84. The Hall–Kier alpha value is -2.58. The molecule has 0 amide bonds. The molecule has 0 saturated heterocycles. The Morgan fingerprint density at radius 1 is 1.03 bits per heavy atom. The van der Waals surface area contributed by atoms with Crippen LogP contribution in [-0.4, -0.2) is 28.9 Å². The topological polar surface area (TPSA) is 76.3 Å². The average Bonchev–Trinajstić information content (AvgIpc) is 3.22. The lowest BCUT2D eigenvalue weighted by Crippen LogP contribution is -2.41. The molecule has 2 aromatic carbocycles. The normalized spacial score (nSPS) is 15.6. The maximum Gasteiger partial charge on any atom is 0.243 e. The summed E-state index contributed by atoms with van der Waals surface area (Å²) in [6.07, 6.45) is 4.59. The quantitative estimate of drug-likeness (QED) is 0.567. The molecule has 1 aliphatic rings. The third-order valence-corrected chi connectivity index (χ3v) is 7.38. The van der Waals surface area contributed by atoms with Gasteiger partial charge in [0.25, 0.3) is 0 Å². The van der Waals surface area contributed by atoms with Crippen molar-refractivity contribution in [1.29, 1.82) is 0 Å². The van der Waals surface area contributed by atoms with Crippen LogP contribution in [0.5, 0.6) is 0 Å². The Bertz CT molecular complexity index is 1090. The highest BCUT2D eigenvalue weighted by atomic mass is 32.2. The molecule has 0 bridgehead atoms. The van der Waals surface area contributed by atoms with Crippen LogP contribution in [0.2, 0.25) is 0 Å². The van der Waals surface area contributed by atoms with Crippen molar-refractivity contribution in [3.05, 3.63) is 65.8 Å². The molecule has 0 aliphatic heterocycles. The maximum absolute atomic E-state index is 13.4. The highest BCUT2D eigenvalue weighted by Crippen LogP contribution is 2.30. The van der Waals surface area contributed by atoms with Gasteiger partial charge in [-0.1, -0.05) is 54.2 Å². The summed E-state index contributed by atoms with van der Waals surface area (Å²) in [4.78, 5) is 4.48. The van der Waals surface area contributed by atoms with Crippen LogP contribution in [0.4, 0.5) is 4.39 Å². The summed E-state index contributed by atoms with van der Waals surface area (Å²) in [5.74, 6) is 0.187. The monoisotopic (exact) mass is 429 g/mol. The van der Waals surface area contributed by atoms with Gasteiger partial charge in [0.1, 0.15) is 5.82 Å². The van der Waals surface area contributed by atoms with Crippen LogP contribution in [0.3, 0.4) is 0 Å². The van der Waals surface area contributed by atoms with E-state index in [9.17, 15) is 12.8 Å². The highest BCUT2D eigenvalue weighted by Gasteiger charge is 2.34. The first-order valence-electron chi connectivity index (χ1n) is 10.1. The lowest BCUT2D eigenvalue weighted by Gasteiger charge is -2.32. The molecule has 0 N–H and O–H groups in total. The molecule has 0 spiro atoms. The molecule has 30 heavy (non-hydrogen) atoms. The zero-order valence-corrected chi connectivity index (χ0v) is 17.6. The van der Waals surface area contributed by atoms with Gasteiger partial charge in [0.2, 0.25) is 21.7 Å². The molecular weight excluding hydrogens is 405 g/mol. The summed E-state index contributed by atoms with van der Waals surface area (Å²) in [6.45, 7) is 1.98. The van der Waals surface area contributed by atoms with Crippen molar-refractivity contribution < 1.29 is 17.3 Å². The SMILES string of the molecule is Cc1ccc(-c2noc(CN(C3CCCCC3)S(=O)(=O)c3ccc(F)cc3)n2)cc1. The van der Waals surface area contributed by atoms with Crippen LogP contribution in [-0.2, 0) is 16.6 Å². The predicted molar refractivity (Wildman–Crippen MR) is 110 cm³/mol. The second kappa shape index (κ2) is 8.65. The molecule has 8 heteroatoms. The van der Waals surface area contributed by atoms with Crippen molar-refractivity contribution in [1.82, 2.24) is 14.4 Å². The van der Waals surface area contributed by atoms with E-state index in [1.165, 1.54) is 16.4 Å². The van der Waals surface area contributed by atoms with Crippen LogP contribution in [0.15, 0.2) is 57.9 Å². The minimum absolute atomic E-state index is 0.0107. The largest absolute Gasteiger partial charge is 0.338 e. The van der Waals surface area contributed by atoms with Crippen LogP contribution >= 0.6 is 0 Å². The molecule has 1 aromatic heterocycles. The van der Waals surface area contributed by atoms with Gasteiger partial charge in [0.05, 0.1) is 11.4 Å². The Morgan fingerprint density at radius 2 is 1.70 bits per heavy atom. The molecule has 0 radical (unpaired) electrons. The Morgan fingerprint density at radius 3 is 2.37 bits per heavy atom. The summed E-state index contributed by atoms with van der Waals surface area (Å²) >= 11 is 0. The van der Waals surface area contributed by atoms with Gasteiger partial charge in [-0.05, 0) is 44.0 Å². The van der Waals surface area contributed by atoms with Crippen LogP contribution in [0.25, 0.3) is 11.4 Å². The molecule has 1 heterocycles. The van der Waals surface area contributed by atoms with Crippen molar-refractivity contribution in [2.75, 3.05) is 0 Å². The number of rotatable bonds is 6. The zero-order valence-electron chi connectivity index (χ0n) is 16.8. The van der Waals surface area contributed by atoms with E-state index in [1.807, 2.05) is 31.2 Å². The number of aromatic nitrogens is 2. The maximum atomic E-state index is 13.4. The van der Waals surface area contributed by atoms with Gasteiger partial charge in [0.15, 0.2) is 0 Å². The third kappa shape index (κ3) is 4.44. The van der Waals surface area contributed by atoms with Crippen molar-refractivity contribution in [3.63, 3.8) is 0 Å². The number of halogens is 1. The Labute approximate surface area is 175 Å². The molecule has 1 saturated carbocycles. The van der Waals surface area contributed by atoms with E-state index in [4.69, 9.17) is 4.52 Å². The predicted octanol–water partition coefficient (Wildman–Crippen LogP) is 4.71. The summed E-state index contributed by atoms with van der Waals surface area (Å²) < 4.78 is 46.9. The molecule has 3 aromatic rings. The van der Waals surface area contributed by atoms with Crippen molar-refractivity contribution in [2.45, 2.75) is 56.5 Å². The fourth-order valence-corrected chi connectivity index (χ4v) is 5.43. The Kier molecular flexibility index (Phi) is 5.97. The smallest absolute Gasteiger partial charge is 0.243 e. The van der Waals surface area contributed by atoms with E-state index in [0.29, 0.717) is 5.82 Å². The number of nitrogens with zero attached hydrogens (tertiary/aromatic N) is 3. The van der Waals surface area contributed by atoms with Gasteiger partial charge < -0.3 is 4.52 Å². The molecule has 6 nitrogen and oxygen atoms in total. The highest BCUT2D eigenvalue weighted by molar-refractivity contribution is 7.89. The fourth-order valence-electron chi connectivity index (χ4n) is 3.79. The van der Waals surface area contributed by atoms with E-state index in [2.05, 4.69) is 10.1 Å². The van der Waals surface area contributed by atoms with Gasteiger partial charge in [0, 0.05) is 11.6 Å². The van der Waals surface area contributed by atoms with Gasteiger partial charge in [-0.3, -0.25) is 0 Å². The number of sulfonamides is 1. The van der Waals surface area contributed by atoms with Gasteiger partial charge in [-0.25, -0.2) is 12.8 Å². The number of hydrogen-bond donors (Lipinski definition) is 0. The standard InChI is InChI=1S/C22H24FN3O3S/c1-16-7-9-17(10-8-16)22-24-21(29-25-22)15-26(19-5-3-2-4-6-19)30(27,28)20-13-11-18(23)12-14-20/h7-14,19H,2-6,15H2,1H3. The first-order chi connectivity index (χ1) is 14.4. The summed E-state index contributed by atoms with van der Waals surface area (Å²) in [7, 11) is -3.84. The van der Waals surface area contributed by atoms with Gasteiger partial charge >= 0.3 is 0 Å². The van der Waals surface area contributed by atoms with Gasteiger partial charge in [-0.15, -0.1) is 0 Å². The number of benzene rings is 2. The number of hydrogen-bond acceptors (Lipinski definition) is 5. The lowest BCUT2D eigenvalue weighted by molar-refractivity contribution is 0.223. The fraction of sp³-hybridized carbons (Fsp3) is 0.364. The second-order valence-electron chi connectivity index (χ2n) is 7.67.